The Morgan fingerprint density at radius 1 is 1.59 bits per heavy atom. The molecule has 2 atom stereocenters. The Morgan fingerprint density at radius 2 is 2.36 bits per heavy atom. The van der Waals surface area contributed by atoms with Crippen molar-refractivity contribution in [2.45, 2.75) is 38.5 Å². The van der Waals surface area contributed by atoms with Crippen molar-refractivity contribution in [1.82, 2.24) is 14.4 Å². The summed E-state index contributed by atoms with van der Waals surface area (Å²) in [5, 5.41) is 0.416. The van der Waals surface area contributed by atoms with Gasteiger partial charge in [-0.15, -0.1) is 0 Å². The Labute approximate surface area is 142 Å². The van der Waals surface area contributed by atoms with Crippen LogP contribution in [0.25, 0.3) is 5.52 Å². The zero-order chi connectivity index (χ0) is 15.9. The number of hydrogen-bond acceptors (Lipinski definition) is 4. The van der Waals surface area contributed by atoms with Crippen LogP contribution in [0.2, 0.25) is 5.15 Å². The number of carbonyl (C=O) groups excluding carboxylic acids is 1. The van der Waals surface area contributed by atoms with Crippen molar-refractivity contribution in [3.63, 3.8) is 0 Å². The summed E-state index contributed by atoms with van der Waals surface area (Å²) in [6, 6.07) is 0. The molecule has 118 valence electrons. The summed E-state index contributed by atoms with van der Waals surface area (Å²) in [6.45, 7) is 1.98. The van der Waals surface area contributed by atoms with Crippen LogP contribution in [0.1, 0.15) is 44.3 Å². The first-order valence-electron chi connectivity index (χ1n) is 7.22. The number of methoxy groups -OCH3 is 1. The first-order chi connectivity index (χ1) is 10.5. The van der Waals surface area contributed by atoms with E-state index in [4.69, 9.17) is 16.3 Å². The number of hydrogen-bond donors (Lipinski definition) is 0. The molecular weight excluding hydrogens is 370 g/mol. The number of carbonyl (C=O) groups is 1. The van der Waals surface area contributed by atoms with Gasteiger partial charge in [0.05, 0.1) is 12.5 Å². The molecule has 1 aliphatic rings. The quantitative estimate of drug-likeness (QED) is 0.733. The number of ether oxygens (including phenoxy) is 1. The maximum absolute atomic E-state index is 12.1. The zero-order valence-electron chi connectivity index (χ0n) is 12.5. The molecule has 0 saturated heterocycles. The lowest BCUT2D eigenvalue weighted by atomic mass is 9.70. The first-order valence-corrected chi connectivity index (χ1v) is 8.40. The van der Waals surface area contributed by atoms with Crippen LogP contribution in [0.5, 0.6) is 0 Å². The molecule has 2 aromatic heterocycles. The highest BCUT2D eigenvalue weighted by atomic mass is 79.9. The van der Waals surface area contributed by atoms with Crippen molar-refractivity contribution in [1.29, 1.82) is 0 Å². The van der Waals surface area contributed by atoms with Gasteiger partial charge in [0.25, 0.3) is 0 Å². The SMILES string of the molecule is COC(=O)C1(C)CCCC(c2nc(Br)c3c(Cl)nccn23)C1. The van der Waals surface area contributed by atoms with Gasteiger partial charge in [0.1, 0.15) is 15.9 Å². The highest BCUT2D eigenvalue weighted by molar-refractivity contribution is 9.10. The van der Waals surface area contributed by atoms with Crippen LogP contribution in [0, 0.1) is 5.41 Å². The summed E-state index contributed by atoms with van der Waals surface area (Å²) in [6.07, 6.45) is 7.07. The van der Waals surface area contributed by atoms with E-state index in [-0.39, 0.29) is 11.9 Å². The minimum absolute atomic E-state index is 0.142. The third kappa shape index (κ3) is 2.52. The van der Waals surface area contributed by atoms with Gasteiger partial charge in [-0.25, -0.2) is 9.97 Å². The number of fused-ring (bicyclic) bond motifs is 1. The minimum atomic E-state index is -0.452. The number of nitrogens with zero attached hydrogens (tertiary/aromatic N) is 3. The average Bonchev–Trinajstić information content (AvgIpc) is 2.85. The van der Waals surface area contributed by atoms with Gasteiger partial charge in [0.2, 0.25) is 0 Å². The number of halogens is 2. The number of aromatic nitrogens is 3. The molecule has 7 heteroatoms. The van der Waals surface area contributed by atoms with Gasteiger partial charge in [0.15, 0.2) is 5.15 Å². The fraction of sp³-hybridized carbons (Fsp3) is 0.533. The zero-order valence-corrected chi connectivity index (χ0v) is 14.8. The van der Waals surface area contributed by atoms with Gasteiger partial charge in [-0.2, -0.15) is 0 Å². The van der Waals surface area contributed by atoms with E-state index in [1.807, 2.05) is 17.5 Å². The van der Waals surface area contributed by atoms with Crippen LogP contribution >= 0.6 is 27.5 Å². The van der Waals surface area contributed by atoms with Gasteiger partial charge in [0, 0.05) is 18.3 Å². The predicted molar refractivity (Wildman–Crippen MR) is 87.0 cm³/mol. The van der Waals surface area contributed by atoms with E-state index in [0.717, 1.165) is 37.0 Å². The molecule has 0 radical (unpaired) electrons. The normalized spacial score (nSPS) is 25.4. The molecule has 2 heterocycles. The maximum Gasteiger partial charge on any atom is 0.311 e. The molecule has 5 nitrogen and oxygen atoms in total. The molecule has 0 spiro atoms. The third-order valence-electron chi connectivity index (χ3n) is 4.52. The molecule has 2 aromatic rings. The Morgan fingerprint density at radius 3 is 3.09 bits per heavy atom. The second-order valence-electron chi connectivity index (χ2n) is 6.04. The fourth-order valence-electron chi connectivity index (χ4n) is 3.41. The maximum atomic E-state index is 12.1. The molecule has 22 heavy (non-hydrogen) atoms. The molecule has 1 saturated carbocycles. The predicted octanol–water partition coefficient (Wildman–Crippen LogP) is 3.98. The Hall–Kier alpha value is -1.14. The van der Waals surface area contributed by atoms with Gasteiger partial charge in [-0.3, -0.25) is 9.20 Å². The molecule has 3 rings (SSSR count). The summed E-state index contributed by atoms with van der Waals surface area (Å²) in [5.41, 5.74) is 0.316. The van der Waals surface area contributed by atoms with E-state index in [2.05, 4.69) is 25.9 Å². The van der Waals surface area contributed by atoms with Crippen LogP contribution in [0.15, 0.2) is 17.0 Å². The highest BCUT2D eigenvalue weighted by Gasteiger charge is 2.41. The second kappa shape index (κ2) is 5.81. The van der Waals surface area contributed by atoms with E-state index in [9.17, 15) is 4.79 Å². The van der Waals surface area contributed by atoms with Gasteiger partial charge in [-0.05, 0) is 42.1 Å². The van der Waals surface area contributed by atoms with Crippen molar-refractivity contribution in [2.75, 3.05) is 7.11 Å². The van der Waals surface area contributed by atoms with E-state index in [1.54, 1.807) is 6.20 Å². The Kier molecular flexibility index (Phi) is 4.16. The van der Waals surface area contributed by atoms with E-state index >= 15 is 0 Å². The number of esters is 1. The highest BCUT2D eigenvalue weighted by Crippen LogP contribution is 2.45. The lowest BCUT2D eigenvalue weighted by Crippen LogP contribution is -2.34. The summed E-state index contributed by atoms with van der Waals surface area (Å²) in [4.78, 5) is 20.8. The van der Waals surface area contributed by atoms with Crippen LogP contribution in [0.3, 0.4) is 0 Å². The minimum Gasteiger partial charge on any atom is -0.469 e. The lowest BCUT2D eigenvalue weighted by molar-refractivity contribution is -0.154. The molecule has 0 aromatic carbocycles. The van der Waals surface area contributed by atoms with Gasteiger partial charge in [-0.1, -0.05) is 18.0 Å². The van der Waals surface area contributed by atoms with E-state index < -0.39 is 5.41 Å². The molecule has 0 N–H and O–H groups in total. The van der Waals surface area contributed by atoms with Crippen molar-refractivity contribution < 1.29 is 9.53 Å². The Balaban J connectivity index is 2.01. The van der Waals surface area contributed by atoms with Crippen molar-refractivity contribution in [2.24, 2.45) is 5.41 Å². The molecular formula is C15H17BrClN3O2. The lowest BCUT2D eigenvalue weighted by Gasteiger charge is -2.35. The monoisotopic (exact) mass is 385 g/mol. The van der Waals surface area contributed by atoms with Crippen LogP contribution in [-0.2, 0) is 9.53 Å². The third-order valence-corrected chi connectivity index (χ3v) is 5.35. The second-order valence-corrected chi connectivity index (χ2v) is 7.15. The Bertz CT molecular complexity index is 733. The van der Waals surface area contributed by atoms with Crippen LogP contribution in [-0.4, -0.2) is 27.4 Å². The van der Waals surface area contributed by atoms with Crippen LogP contribution in [0.4, 0.5) is 0 Å². The topological polar surface area (TPSA) is 56.5 Å². The van der Waals surface area contributed by atoms with Gasteiger partial charge < -0.3 is 4.74 Å². The van der Waals surface area contributed by atoms with E-state index in [1.165, 1.54) is 7.11 Å². The smallest absolute Gasteiger partial charge is 0.311 e. The molecule has 0 amide bonds. The largest absolute Gasteiger partial charge is 0.469 e. The average molecular weight is 387 g/mol. The summed E-state index contributed by atoms with van der Waals surface area (Å²) >= 11 is 9.63. The standard InChI is InChI=1S/C15H17BrClN3O2/c1-15(14(21)22-2)5-3-4-9(8-15)13-19-11(16)10-12(17)18-6-7-20(10)13/h6-7,9H,3-5,8H2,1-2H3. The van der Waals surface area contributed by atoms with Crippen molar-refractivity contribution >= 4 is 39.0 Å². The first kappa shape index (κ1) is 15.7. The van der Waals surface area contributed by atoms with Crippen molar-refractivity contribution in [3.05, 3.63) is 28.0 Å². The molecule has 2 unspecified atom stereocenters. The van der Waals surface area contributed by atoms with Gasteiger partial charge >= 0.3 is 5.97 Å². The summed E-state index contributed by atoms with van der Waals surface area (Å²) in [5.74, 6) is 0.966. The molecule has 0 aliphatic heterocycles. The molecule has 1 fully saturated rings. The van der Waals surface area contributed by atoms with E-state index in [0.29, 0.717) is 9.76 Å². The number of rotatable bonds is 2. The number of imidazole rings is 1. The summed E-state index contributed by atoms with van der Waals surface area (Å²) < 4.78 is 7.63. The summed E-state index contributed by atoms with van der Waals surface area (Å²) in [7, 11) is 1.45. The molecule has 1 aliphatic carbocycles. The fourth-order valence-corrected chi connectivity index (χ4v) is 4.32. The molecule has 0 bridgehead atoms. The van der Waals surface area contributed by atoms with Crippen LogP contribution < -0.4 is 0 Å². The van der Waals surface area contributed by atoms with Crippen molar-refractivity contribution in [3.8, 4) is 0 Å².